The number of nitrogens with one attached hydrogen (secondary N) is 5. The van der Waals surface area contributed by atoms with E-state index in [1.165, 1.54) is 26.0 Å². The Bertz CT molecular complexity index is 1700. The maximum Gasteiger partial charge on any atom is 0.308 e. The molecule has 0 fully saturated rings. The fraction of sp³-hybridized carbons (Fsp3) is 0.417. The molecular formula is C36H46N6O8. The summed E-state index contributed by atoms with van der Waals surface area (Å²) in [5.41, 5.74) is 0.954. The van der Waals surface area contributed by atoms with Crippen LogP contribution >= 0.6 is 0 Å². The molecule has 0 saturated carbocycles. The molecule has 0 aliphatic rings. The lowest BCUT2D eigenvalue weighted by atomic mass is 10.0. The summed E-state index contributed by atoms with van der Waals surface area (Å²) in [6.07, 6.45) is 1.25. The summed E-state index contributed by atoms with van der Waals surface area (Å²) in [4.78, 5) is 82.3. The number of phenols is 1. The van der Waals surface area contributed by atoms with Crippen LogP contribution < -0.4 is 26.6 Å². The van der Waals surface area contributed by atoms with E-state index in [4.69, 9.17) is 4.74 Å². The molecule has 0 aliphatic carbocycles. The highest BCUT2D eigenvalue weighted by Gasteiger charge is 2.32. The molecule has 0 aliphatic heterocycles. The van der Waals surface area contributed by atoms with Crippen molar-refractivity contribution in [2.45, 2.75) is 91.1 Å². The molecule has 4 atom stereocenters. The van der Waals surface area contributed by atoms with Gasteiger partial charge in [0.05, 0.1) is 11.9 Å². The number of aromatic hydroxyl groups is 1. The highest BCUT2D eigenvalue weighted by atomic mass is 16.6. The molecule has 0 radical (unpaired) electrons. The van der Waals surface area contributed by atoms with Crippen LogP contribution in [-0.2, 0) is 39.9 Å². The molecular weight excluding hydrogens is 644 g/mol. The minimum atomic E-state index is -1.36. The second-order valence-electron chi connectivity index (χ2n) is 13.3. The number of amides is 5. The van der Waals surface area contributed by atoms with Gasteiger partial charge in [0.1, 0.15) is 35.5 Å². The summed E-state index contributed by atoms with van der Waals surface area (Å²) < 4.78 is 5.39. The largest absolute Gasteiger partial charge is 0.508 e. The van der Waals surface area contributed by atoms with E-state index in [0.717, 1.165) is 5.39 Å². The van der Waals surface area contributed by atoms with E-state index in [2.05, 4.69) is 31.6 Å². The van der Waals surface area contributed by atoms with Crippen molar-refractivity contribution in [3.05, 3.63) is 66.4 Å². The van der Waals surface area contributed by atoms with E-state index in [9.17, 15) is 33.9 Å². The number of fused-ring (bicyclic) bond motifs is 1. The molecule has 0 bridgehead atoms. The van der Waals surface area contributed by atoms with Crippen molar-refractivity contribution in [1.29, 1.82) is 0 Å². The van der Waals surface area contributed by atoms with Crippen molar-refractivity contribution in [2.24, 2.45) is 5.92 Å². The topological polar surface area (TPSA) is 205 Å². The van der Waals surface area contributed by atoms with E-state index in [1.54, 1.807) is 77.2 Å². The Hall–Kier alpha value is -5.53. The first-order valence-corrected chi connectivity index (χ1v) is 16.3. The van der Waals surface area contributed by atoms with Gasteiger partial charge in [-0.3, -0.25) is 33.8 Å². The molecule has 6 N–H and O–H groups in total. The number of anilines is 1. The standard InChI is InChI=1S/C36H46N6O8/c1-20(2)31(42-34(48)28(39-22(4)43)17-23-10-13-26(44)14-11-23)35(49)38-21(3)32(46)41-29(19-30(45)50-36(5,6)7)33(47)40-25-12-15-27-24(18-25)9-8-16-37-27/h8-16,18,20-21,28-29,31,44H,17,19H2,1-7H3,(H,38,49)(H,39,43)(H,40,47)(H,41,46)(H,42,48). The number of esters is 1. The van der Waals surface area contributed by atoms with Gasteiger partial charge in [-0.1, -0.05) is 32.0 Å². The fourth-order valence-corrected chi connectivity index (χ4v) is 4.92. The van der Waals surface area contributed by atoms with E-state index in [1.807, 2.05) is 6.07 Å². The van der Waals surface area contributed by atoms with Crippen LogP contribution in [0.3, 0.4) is 0 Å². The Morgan fingerprint density at radius 2 is 1.48 bits per heavy atom. The Morgan fingerprint density at radius 3 is 2.10 bits per heavy atom. The summed E-state index contributed by atoms with van der Waals surface area (Å²) >= 11 is 0. The molecule has 2 aromatic carbocycles. The third kappa shape index (κ3) is 12.2. The highest BCUT2D eigenvalue weighted by Crippen LogP contribution is 2.18. The number of hydrogen-bond acceptors (Lipinski definition) is 9. The Balaban J connectivity index is 1.72. The quantitative estimate of drug-likeness (QED) is 0.137. The average molecular weight is 691 g/mol. The number of pyridine rings is 1. The minimum absolute atomic E-state index is 0.0449. The van der Waals surface area contributed by atoms with Crippen molar-refractivity contribution in [2.75, 3.05) is 5.32 Å². The normalized spacial score (nSPS) is 13.7. The van der Waals surface area contributed by atoms with Gasteiger partial charge in [0.2, 0.25) is 29.5 Å². The van der Waals surface area contributed by atoms with Crippen LogP contribution in [0.5, 0.6) is 5.75 Å². The van der Waals surface area contributed by atoms with Crippen LogP contribution in [0, 0.1) is 5.92 Å². The number of benzene rings is 2. The summed E-state index contributed by atoms with van der Waals surface area (Å²) in [6.45, 7) is 11.1. The summed E-state index contributed by atoms with van der Waals surface area (Å²) in [5.74, 6) is -4.31. The number of carbonyl (C=O) groups excluding carboxylic acids is 6. The molecule has 4 unspecified atom stereocenters. The van der Waals surface area contributed by atoms with Crippen molar-refractivity contribution in [3.8, 4) is 5.75 Å². The van der Waals surface area contributed by atoms with Crippen LogP contribution in [0.1, 0.15) is 60.5 Å². The van der Waals surface area contributed by atoms with Gasteiger partial charge in [-0.05, 0) is 75.6 Å². The number of phenolic OH excluding ortho intramolecular Hbond substituents is 1. The maximum absolute atomic E-state index is 13.4. The maximum atomic E-state index is 13.4. The molecule has 1 heterocycles. The SMILES string of the molecule is CC(=O)NC(Cc1ccc(O)cc1)C(=O)NC(C(=O)NC(C)C(=O)NC(CC(=O)OC(C)(C)C)C(=O)Nc1ccc2ncccc2c1)C(C)C. The molecule has 3 aromatic rings. The lowest BCUT2D eigenvalue weighted by molar-refractivity contribution is -0.156. The molecule has 0 saturated heterocycles. The first-order valence-electron chi connectivity index (χ1n) is 16.3. The van der Waals surface area contributed by atoms with Gasteiger partial charge in [-0.2, -0.15) is 0 Å². The molecule has 14 nitrogen and oxygen atoms in total. The highest BCUT2D eigenvalue weighted by molar-refractivity contribution is 6.01. The first kappa shape index (κ1) is 38.9. The lowest BCUT2D eigenvalue weighted by Crippen LogP contribution is -2.59. The molecule has 5 amide bonds. The number of rotatable bonds is 14. The molecule has 14 heteroatoms. The van der Waals surface area contributed by atoms with E-state index in [-0.39, 0.29) is 12.2 Å². The zero-order chi connectivity index (χ0) is 37.2. The summed E-state index contributed by atoms with van der Waals surface area (Å²) in [6, 6.07) is 10.1. The van der Waals surface area contributed by atoms with Crippen molar-refractivity contribution < 1.29 is 38.6 Å². The van der Waals surface area contributed by atoms with Crippen LogP contribution in [0.15, 0.2) is 60.8 Å². The molecule has 3 rings (SSSR count). The Morgan fingerprint density at radius 1 is 0.800 bits per heavy atom. The average Bonchev–Trinajstić information content (AvgIpc) is 3.02. The van der Waals surface area contributed by atoms with Gasteiger partial charge in [0, 0.05) is 30.6 Å². The van der Waals surface area contributed by atoms with E-state index in [0.29, 0.717) is 16.8 Å². The van der Waals surface area contributed by atoms with Crippen LogP contribution in [-0.4, -0.2) is 75.4 Å². The first-order chi connectivity index (χ1) is 23.4. The van der Waals surface area contributed by atoms with Crippen LogP contribution in [0.2, 0.25) is 0 Å². The molecule has 1 aromatic heterocycles. The van der Waals surface area contributed by atoms with Gasteiger partial charge >= 0.3 is 5.97 Å². The predicted octanol–water partition coefficient (Wildman–Crippen LogP) is 2.49. The van der Waals surface area contributed by atoms with E-state index < -0.39 is 77.6 Å². The van der Waals surface area contributed by atoms with Crippen molar-refractivity contribution >= 4 is 52.1 Å². The zero-order valence-electron chi connectivity index (χ0n) is 29.3. The smallest absolute Gasteiger partial charge is 0.308 e. The molecule has 0 spiro atoms. The van der Waals surface area contributed by atoms with Gasteiger partial charge in [0.25, 0.3) is 0 Å². The van der Waals surface area contributed by atoms with Crippen molar-refractivity contribution in [3.63, 3.8) is 0 Å². The lowest BCUT2D eigenvalue weighted by Gasteiger charge is -2.27. The monoisotopic (exact) mass is 690 g/mol. The number of carbonyl (C=O) groups is 6. The van der Waals surface area contributed by atoms with E-state index >= 15 is 0 Å². The van der Waals surface area contributed by atoms with Gasteiger partial charge in [-0.15, -0.1) is 0 Å². The Kier molecular flexibility index (Phi) is 13.4. The third-order valence-electron chi connectivity index (χ3n) is 7.36. The van der Waals surface area contributed by atoms with Gasteiger partial charge < -0.3 is 36.4 Å². The zero-order valence-corrected chi connectivity index (χ0v) is 29.3. The van der Waals surface area contributed by atoms with Crippen LogP contribution in [0.25, 0.3) is 10.9 Å². The molecule has 268 valence electrons. The second-order valence-corrected chi connectivity index (χ2v) is 13.3. The number of aromatic nitrogens is 1. The third-order valence-corrected chi connectivity index (χ3v) is 7.36. The van der Waals surface area contributed by atoms with Crippen molar-refractivity contribution in [1.82, 2.24) is 26.3 Å². The number of hydrogen-bond donors (Lipinski definition) is 6. The van der Waals surface area contributed by atoms with Gasteiger partial charge in [-0.25, -0.2) is 0 Å². The Labute approximate surface area is 291 Å². The fourth-order valence-electron chi connectivity index (χ4n) is 4.92. The van der Waals surface area contributed by atoms with Gasteiger partial charge in [0.15, 0.2) is 0 Å². The minimum Gasteiger partial charge on any atom is -0.508 e. The molecule has 50 heavy (non-hydrogen) atoms. The summed E-state index contributed by atoms with van der Waals surface area (Å²) in [7, 11) is 0. The summed E-state index contributed by atoms with van der Waals surface area (Å²) in [5, 5.41) is 23.4. The number of nitrogens with zero attached hydrogens (tertiary/aromatic N) is 1. The van der Waals surface area contributed by atoms with Crippen LogP contribution in [0.4, 0.5) is 5.69 Å². The number of ether oxygens (including phenoxy) is 1. The second kappa shape index (κ2) is 17.2. The predicted molar refractivity (Wildman–Crippen MR) is 187 cm³/mol.